The standard InChI is InChI=1S/C26H43F3O3/c1-13(2)17-8-7-14(3)9-22(17)31-12-32-25(6,26(27,28)29)21-11-20-18-10-19(16(5)15(18)4)23(20)24(21)30/h13-24,30H,7-12H2,1-6H3. The first-order chi connectivity index (χ1) is 14.9. The van der Waals surface area contributed by atoms with Crippen LogP contribution in [0, 0.1) is 59.2 Å². The van der Waals surface area contributed by atoms with Gasteiger partial charge in [-0.2, -0.15) is 13.2 Å². The van der Waals surface area contributed by atoms with E-state index in [9.17, 15) is 18.3 Å². The molecular weight excluding hydrogens is 417 g/mol. The van der Waals surface area contributed by atoms with E-state index in [2.05, 4.69) is 34.6 Å². The Hall–Kier alpha value is -0.330. The summed E-state index contributed by atoms with van der Waals surface area (Å²) in [6.45, 7) is 11.7. The molecule has 4 saturated carbocycles. The summed E-state index contributed by atoms with van der Waals surface area (Å²) in [5, 5.41) is 11.2. The second-order valence-corrected chi connectivity index (χ2v) is 12.3. The highest BCUT2D eigenvalue weighted by Gasteiger charge is 2.68. The lowest BCUT2D eigenvalue weighted by molar-refractivity contribution is -0.322. The van der Waals surface area contributed by atoms with Crippen molar-refractivity contribution >= 4 is 0 Å². The summed E-state index contributed by atoms with van der Waals surface area (Å²) in [5.41, 5.74) is -2.39. The lowest BCUT2D eigenvalue weighted by atomic mass is 9.70. The molecule has 0 heterocycles. The van der Waals surface area contributed by atoms with Gasteiger partial charge < -0.3 is 14.6 Å². The van der Waals surface area contributed by atoms with Crippen LogP contribution in [0.3, 0.4) is 0 Å². The average molecular weight is 461 g/mol. The maximum Gasteiger partial charge on any atom is 0.417 e. The minimum atomic E-state index is -4.56. The van der Waals surface area contributed by atoms with E-state index in [1.54, 1.807) is 0 Å². The third kappa shape index (κ3) is 3.94. The zero-order chi connectivity index (χ0) is 23.6. The van der Waals surface area contributed by atoms with Gasteiger partial charge in [-0.05, 0) is 85.9 Å². The lowest BCUT2D eigenvalue weighted by Gasteiger charge is -2.41. The summed E-state index contributed by atoms with van der Waals surface area (Å²) >= 11 is 0. The van der Waals surface area contributed by atoms with Gasteiger partial charge in [-0.15, -0.1) is 0 Å². The van der Waals surface area contributed by atoms with Crippen LogP contribution in [0.1, 0.15) is 73.6 Å². The maximum atomic E-state index is 14.4. The number of alkyl halides is 3. The molecule has 186 valence electrons. The number of hydrogen-bond acceptors (Lipinski definition) is 3. The van der Waals surface area contributed by atoms with Crippen LogP contribution >= 0.6 is 0 Å². The minimum absolute atomic E-state index is 0.0214. The molecule has 3 nitrogen and oxygen atoms in total. The Morgan fingerprint density at radius 1 is 0.938 bits per heavy atom. The molecule has 4 aliphatic rings. The van der Waals surface area contributed by atoms with Crippen molar-refractivity contribution in [3.8, 4) is 0 Å². The molecule has 0 aromatic rings. The highest BCUT2D eigenvalue weighted by atomic mass is 19.4. The van der Waals surface area contributed by atoms with Crippen LogP contribution in [-0.4, -0.2) is 35.9 Å². The van der Waals surface area contributed by atoms with E-state index in [1.165, 1.54) is 0 Å². The van der Waals surface area contributed by atoms with Crippen LogP contribution in [0.4, 0.5) is 13.2 Å². The Morgan fingerprint density at radius 3 is 2.22 bits per heavy atom. The van der Waals surface area contributed by atoms with Gasteiger partial charge in [0.1, 0.15) is 6.79 Å². The van der Waals surface area contributed by atoms with Gasteiger partial charge in [0, 0.05) is 5.92 Å². The van der Waals surface area contributed by atoms with E-state index in [0.717, 1.165) is 32.6 Å². The molecule has 12 unspecified atom stereocenters. The first kappa shape index (κ1) is 24.8. The molecule has 0 saturated heterocycles. The molecule has 6 heteroatoms. The number of hydrogen-bond donors (Lipinski definition) is 1. The quantitative estimate of drug-likeness (QED) is 0.473. The fourth-order valence-electron chi connectivity index (χ4n) is 8.24. The Bertz CT molecular complexity index is 667. The van der Waals surface area contributed by atoms with Crippen molar-refractivity contribution < 1.29 is 27.8 Å². The third-order valence-electron chi connectivity index (χ3n) is 10.5. The van der Waals surface area contributed by atoms with Crippen LogP contribution in [-0.2, 0) is 9.47 Å². The molecule has 4 fully saturated rings. The maximum absolute atomic E-state index is 14.4. The number of aliphatic hydroxyl groups is 1. The molecule has 12 atom stereocenters. The largest absolute Gasteiger partial charge is 0.417 e. The average Bonchev–Trinajstić information content (AvgIpc) is 3.32. The molecule has 4 rings (SSSR count). The van der Waals surface area contributed by atoms with Crippen molar-refractivity contribution in [1.82, 2.24) is 0 Å². The molecule has 1 N–H and O–H groups in total. The van der Waals surface area contributed by atoms with Gasteiger partial charge in [-0.25, -0.2) is 0 Å². The topological polar surface area (TPSA) is 38.7 Å². The summed E-state index contributed by atoms with van der Waals surface area (Å²) in [7, 11) is 0. The van der Waals surface area contributed by atoms with Crippen LogP contribution in [0.25, 0.3) is 0 Å². The molecule has 0 aromatic heterocycles. The van der Waals surface area contributed by atoms with E-state index >= 15 is 0 Å². The lowest BCUT2D eigenvalue weighted by Crippen LogP contribution is -2.54. The van der Waals surface area contributed by atoms with E-state index in [1.807, 2.05) is 0 Å². The van der Waals surface area contributed by atoms with E-state index < -0.39 is 23.8 Å². The van der Waals surface area contributed by atoms with E-state index in [-0.39, 0.29) is 24.7 Å². The number of fused-ring (bicyclic) bond motifs is 5. The summed E-state index contributed by atoms with van der Waals surface area (Å²) in [4.78, 5) is 0. The smallest absolute Gasteiger partial charge is 0.392 e. The van der Waals surface area contributed by atoms with Crippen LogP contribution in [0.2, 0.25) is 0 Å². The van der Waals surface area contributed by atoms with Gasteiger partial charge in [0.15, 0.2) is 5.60 Å². The fraction of sp³-hybridized carbons (Fsp3) is 1.00. The summed E-state index contributed by atoms with van der Waals surface area (Å²) in [5.74, 6) is 2.28. The van der Waals surface area contributed by atoms with E-state index in [0.29, 0.717) is 47.8 Å². The molecule has 0 aromatic carbocycles. The molecule has 0 amide bonds. The van der Waals surface area contributed by atoms with Crippen molar-refractivity contribution in [1.29, 1.82) is 0 Å². The first-order valence-corrected chi connectivity index (χ1v) is 12.9. The fourth-order valence-corrected chi connectivity index (χ4v) is 8.24. The predicted molar refractivity (Wildman–Crippen MR) is 118 cm³/mol. The Morgan fingerprint density at radius 2 is 1.59 bits per heavy atom. The van der Waals surface area contributed by atoms with E-state index in [4.69, 9.17) is 9.47 Å². The first-order valence-electron chi connectivity index (χ1n) is 12.9. The normalized spacial score (nSPS) is 48.3. The van der Waals surface area contributed by atoms with Gasteiger partial charge in [0.05, 0.1) is 12.2 Å². The summed E-state index contributed by atoms with van der Waals surface area (Å²) < 4.78 is 54.8. The van der Waals surface area contributed by atoms with Crippen LogP contribution in [0.5, 0.6) is 0 Å². The minimum Gasteiger partial charge on any atom is -0.392 e. The van der Waals surface area contributed by atoms with Crippen LogP contribution in [0.15, 0.2) is 0 Å². The SMILES string of the molecule is CC1CCC(C(C)C)C(OCOC(C)(C2CC3C4CC(C(C)C4C)C3C2O)C(F)(F)F)C1. The van der Waals surface area contributed by atoms with Gasteiger partial charge >= 0.3 is 6.18 Å². The highest BCUT2D eigenvalue weighted by Crippen LogP contribution is 2.66. The predicted octanol–water partition coefficient (Wildman–Crippen LogP) is 6.29. The molecule has 2 bridgehead atoms. The zero-order valence-electron chi connectivity index (χ0n) is 20.6. The third-order valence-corrected chi connectivity index (χ3v) is 10.5. The van der Waals surface area contributed by atoms with Crippen molar-refractivity contribution in [3.63, 3.8) is 0 Å². The Labute approximate surface area is 191 Å². The molecular formula is C26H43F3O3. The molecule has 0 aliphatic heterocycles. The van der Waals surface area contributed by atoms with Gasteiger partial charge in [0.2, 0.25) is 0 Å². The molecule has 0 spiro atoms. The van der Waals surface area contributed by atoms with Gasteiger partial charge in [-0.1, -0.05) is 41.0 Å². The second kappa shape index (κ2) is 8.71. The summed E-state index contributed by atoms with van der Waals surface area (Å²) in [6, 6.07) is 0. The van der Waals surface area contributed by atoms with Crippen molar-refractivity contribution in [2.45, 2.75) is 97.6 Å². The van der Waals surface area contributed by atoms with Crippen molar-refractivity contribution in [2.24, 2.45) is 59.2 Å². The number of rotatable bonds is 6. The monoisotopic (exact) mass is 460 g/mol. The van der Waals surface area contributed by atoms with Crippen molar-refractivity contribution in [3.05, 3.63) is 0 Å². The molecule has 32 heavy (non-hydrogen) atoms. The van der Waals surface area contributed by atoms with Crippen LogP contribution < -0.4 is 0 Å². The Kier molecular flexibility index (Phi) is 6.75. The second-order valence-electron chi connectivity index (χ2n) is 12.3. The Balaban J connectivity index is 1.46. The zero-order valence-corrected chi connectivity index (χ0v) is 20.6. The number of halogens is 3. The summed E-state index contributed by atoms with van der Waals surface area (Å²) in [6.07, 6.45) is -1.08. The highest BCUT2D eigenvalue weighted by molar-refractivity contribution is 5.13. The number of ether oxygens (including phenoxy) is 2. The van der Waals surface area contributed by atoms with Gasteiger partial charge in [0.25, 0.3) is 0 Å². The van der Waals surface area contributed by atoms with Gasteiger partial charge in [-0.3, -0.25) is 0 Å². The van der Waals surface area contributed by atoms with Crippen molar-refractivity contribution in [2.75, 3.05) is 6.79 Å². The number of aliphatic hydroxyl groups excluding tert-OH is 1. The molecule has 0 radical (unpaired) electrons. The molecule has 4 aliphatic carbocycles.